The number of fused-ring (bicyclic) bond motifs is 3. The Hall–Kier alpha value is -1.86. The molecule has 0 radical (unpaired) electrons. The van der Waals surface area contributed by atoms with E-state index < -0.39 is 0 Å². The van der Waals surface area contributed by atoms with Gasteiger partial charge < -0.3 is 14.5 Å². The van der Waals surface area contributed by atoms with Gasteiger partial charge in [0.15, 0.2) is 5.65 Å². The smallest absolute Gasteiger partial charge is 0.211 e. The lowest BCUT2D eigenvalue weighted by molar-refractivity contribution is 0.129. The third-order valence-corrected chi connectivity index (χ3v) is 4.87. The van der Waals surface area contributed by atoms with E-state index in [0.717, 1.165) is 53.0 Å². The van der Waals surface area contributed by atoms with Crippen LogP contribution in [-0.4, -0.2) is 45.2 Å². The third kappa shape index (κ3) is 2.98. The van der Waals surface area contributed by atoms with E-state index >= 15 is 0 Å². The molecule has 7 heteroatoms. The molecule has 1 aliphatic rings. The fourth-order valence-corrected chi connectivity index (χ4v) is 3.65. The van der Waals surface area contributed by atoms with Crippen LogP contribution in [-0.2, 0) is 4.74 Å². The molecule has 6 nitrogen and oxygen atoms in total. The Bertz CT molecular complexity index is 829. The van der Waals surface area contributed by atoms with Crippen molar-refractivity contribution < 1.29 is 9.47 Å². The topological polar surface area (TPSA) is 72.9 Å². The van der Waals surface area contributed by atoms with Gasteiger partial charge in [-0.1, -0.05) is 11.8 Å². The quantitative estimate of drug-likeness (QED) is 0.724. The maximum Gasteiger partial charge on any atom is 0.211 e. The predicted octanol–water partition coefficient (Wildman–Crippen LogP) is 3.18. The maximum atomic E-state index is 5.63. The van der Waals surface area contributed by atoms with E-state index in [9.17, 15) is 0 Å². The number of ether oxygens (including phenoxy) is 2. The van der Waals surface area contributed by atoms with Crippen molar-refractivity contribution >= 4 is 33.8 Å². The zero-order valence-corrected chi connectivity index (χ0v) is 13.7. The van der Waals surface area contributed by atoms with Crippen LogP contribution in [0.2, 0.25) is 0 Å². The fraction of sp³-hybridized carbons (Fsp3) is 0.438. The molecule has 3 aromatic rings. The fourth-order valence-electron chi connectivity index (χ4n) is 2.80. The van der Waals surface area contributed by atoms with Gasteiger partial charge in [0.05, 0.1) is 12.7 Å². The second-order valence-corrected chi connectivity index (χ2v) is 6.49. The Morgan fingerprint density at radius 1 is 1.39 bits per heavy atom. The Balaban J connectivity index is 1.61. The van der Waals surface area contributed by atoms with Gasteiger partial charge in [0.25, 0.3) is 0 Å². The minimum Gasteiger partial charge on any atom is -0.494 e. The molecule has 1 unspecified atom stereocenters. The van der Waals surface area contributed by atoms with Gasteiger partial charge in [0, 0.05) is 23.3 Å². The van der Waals surface area contributed by atoms with Gasteiger partial charge in [-0.15, -0.1) is 10.2 Å². The average Bonchev–Trinajstić information content (AvgIpc) is 3.20. The lowest BCUT2D eigenvalue weighted by Gasteiger charge is -2.06. The standard InChI is InChI=1S/C16H18N4O2S/c1-2-21-10-5-6-13-12(8-10)14-15(17-13)18-16(20-19-14)23-9-11-4-3-7-22-11/h5-6,8,11H,2-4,7,9H2,1H3,(H,17,18,20). The molecule has 0 bridgehead atoms. The van der Waals surface area contributed by atoms with Crippen molar-refractivity contribution in [3.63, 3.8) is 0 Å². The Morgan fingerprint density at radius 3 is 3.17 bits per heavy atom. The minimum atomic E-state index is 0.316. The Kier molecular flexibility index (Phi) is 4.05. The Morgan fingerprint density at radius 2 is 2.35 bits per heavy atom. The SMILES string of the molecule is CCOc1ccc2[nH]c3nc(SCC4CCCO4)nnc3c2c1. The van der Waals surface area contributed by atoms with E-state index in [4.69, 9.17) is 9.47 Å². The van der Waals surface area contributed by atoms with Crippen LogP contribution < -0.4 is 4.74 Å². The van der Waals surface area contributed by atoms with Crippen LogP contribution in [0, 0.1) is 0 Å². The van der Waals surface area contributed by atoms with E-state index in [1.807, 2.05) is 25.1 Å². The molecule has 0 amide bonds. The molecule has 1 aliphatic heterocycles. The van der Waals surface area contributed by atoms with Crippen molar-refractivity contribution in [1.29, 1.82) is 0 Å². The average molecular weight is 330 g/mol. The monoisotopic (exact) mass is 330 g/mol. The molecule has 1 aromatic carbocycles. The number of rotatable bonds is 5. The first-order valence-corrected chi connectivity index (χ1v) is 8.85. The molecule has 23 heavy (non-hydrogen) atoms. The summed E-state index contributed by atoms with van der Waals surface area (Å²) in [5, 5.41) is 10.3. The molecule has 2 aromatic heterocycles. The molecule has 1 fully saturated rings. The first-order chi connectivity index (χ1) is 11.3. The zero-order valence-electron chi connectivity index (χ0n) is 12.9. The van der Waals surface area contributed by atoms with Gasteiger partial charge >= 0.3 is 0 Å². The van der Waals surface area contributed by atoms with Crippen LogP contribution in [0.4, 0.5) is 0 Å². The highest BCUT2D eigenvalue weighted by molar-refractivity contribution is 7.99. The number of H-pyrrole nitrogens is 1. The number of nitrogens with zero attached hydrogens (tertiary/aromatic N) is 3. The summed E-state index contributed by atoms with van der Waals surface area (Å²) in [6.07, 6.45) is 2.58. The highest BCUT2D eigenvalue weighted by atomic mass is 32.2. The van der Waals surface area contributed by atoms with Gasteiger partial charge in [0.1, 0.15) is 11.3 Å². The normalized spacial score (nSPS) is 18.0. The molecule has 0 spiro atoms. The number of aromatic amines is 1. The summed E-state index contributed by atoms with van der Waals surface area (Å²) in [5.74, 6) is 1.71. The number of benzene rings is 1. The molecule has 3 heterocycles. The van der Waals surface area contributed by atoms with E-state index in [2.05, 4.69) is 20.2 Å². The molecule has 1 saturated heterocycles. The van der Waals surface area contributed by atoms with Crippen molar-refractivity contribution in [3.05, 3.63) is 18.2 Å². The van der Waals surface area contributed by atoms with Crippen LogP contribution in [0.5, 0.6) is 5.75 Å². The van der Waals surface area contributed by atoms with Gasteiger partial charge in [0.2, 0.25) is 5.16 Å². The minimum absolute atomic E-state index is 0.316. The molecule has 0 saturated carbocycles. The van der Waals surface area contributed by atoms with E-state index in [0.29, 0.717) is 17.9 Å². The van der Waals surface area contributed by atoms with Crippen LogP contribution >= 0.6 is 11.8 Å². The number of aromatic nitrogens is 4. The lowest BCUT2D eigenvalue weighted by atomic mass is 10.2. The summed E-state index contributed by atoms with van der Waals surface area (Å²) in [6, 6.07) is 5.91. The van der Waals surface area contributed by atoms with Crippen LogP contribution in [0.1, 0.15) is 19.8 Å². The van der Waals surface area contributed by atoms with Crippen molar-refractivity contribution in [3.8, 4) is 5.75 Å². The first kappa shape index (κ1) is 14.7. The molecular weight excluding hydrogens is 312 g/mol. The van der Waals surface area contributed by atoms with Gasteiger partial charge in [-0.05, 0) is 38.0 Å². The second kappa shape index (κ2) is 6.33. The summed E-state index contributed by atoms with van der Waals surface area (Å²) in [7, 11) is 0. The molecule has 1 atom stereocenters. The molecule has 120 valence electrons. The van der Waals surface area contributed by atoms with Crippen molar-refractivity contribution in [2.24, 2.45) is 0 Å². The van der Waals surface area contributed by atoms with E-state index in [1.165, 1.54) is 0 Å². The third-order valence-electron chi connectivity index (χ3n) is 3.90. The van der Waals surface area contributed by atoms with Gasteiger partial charge in [-0.25, -0.2) is 4.98 Å². The largest absolute Gasteiger partial charge is 0.494 e. The maximum absolute atomic E-state index is 5.63. The molecule has 4 rings (SSSR count). The first-order valence-electron chi connectivity index (χ1n) is 7.87. The van der Waals surface area contributed by atoms with Crippen LogP contribution in [0.15, 0.2) is 23.4 Å². The summed E-state index contributed by atoms with van der Waals surface area (Å²) >= 11 is 1.60. The van der Waals surface area contributed by atoms with Gasteiger partial charge in [-0.3, -0.25) is 0 Å². The summed E-state index contributed by atoms with van der Waals surface area (Å²) in [6.45, 7) is 3.48. The predicted molar refractivity (Wildman–Crippen MR) is 90.1 cm³/mol. The van der Waals surface area contributed by atoms with E-state index in [-0.39, 0.29) is 0 Å². The van der Waals surface area contributed by atoms with Crippen LogP contribution in [0.3, 0.4) is 0 Å². The van der Waals surface area contributed by atoms with Crippen LogP contribution in [0.25, 0.3) is 22.1 Å². The lowest BCUT2D eigenvalue weighted by Crippen LogP contribution is -2.08. The molecule has 0 aliphatic carbocycles. The molecular formula is C16H18N4O2S. The van der Waals surface area contributed by atoms with Gasteiger partial charge in [-0.2, -0.15) is 0 Å². The van der Waals surface area contributed by atoms with Crippen molar-refractivity contribution in [2.45, 2.75) is 31.0 Å². The second-order valence-electron chi connectivity index (χ2n) is 5.50. The highest BCUT2D eigenvalue weighted by Gasteiger charge is 2.17. The number of nitrogens with one attached hydrogen (secondary N) is 1. The summed E-state index contributed by atoms with van der Waals surface area (Å²) in [4.78, 5) is 7.89. The zero-order chi connectivity index (χ0) is 15.6. The van der Waals surface area contributed by atoms with Crippen molar-refractivity contribution in [2.75, 3.05) is 19.0 Å². The van der Waals surface area contributed by atoms with Crippen molar-refractivity contribution in [1.82, 2.24) is 20.2 Å². The molecule has 1 N–H and O–H groups in total. The highest BCUT2D eigenvalue weighted by Crippen LogP contribution is 2.28. The Labute approximate surface area is 138 Å². The van der Waals surface area contributed by atoms with E-state index in [1.54, 1.807) is 11.8 Å². The number of thioether (sulfide) groups is 1. The number of hydrogen-bond donors (Lipinski definition) is 1. The summed E-state index contributed by atoms with van der Waals surface area (Å²) < 4.78 is 11.2. The number of hydrogen-bond acceptors (Lipinski definition) is 6. The summed E-state index contributed by atoms with van der Waals surface area (Å²) in [5.41, 5.74) is 2.54.